The number of piperazine rings is 1. The zero-order valence-electron chi connectivity index (χ0n) is 12.6. The third kappa shape index (κ3) is 2.70. The summed E-state index contributed by atoms with van der Waals surface area (Å²) in [5, 5.41) is 3.16. The Morgan fingerprint density at radius 3 is 2.62 bits per heavy atom. The van der Waals surface area contributed by atoms with Crippen LogP contribution in [0.1, 0.15) is 27.2 Å². The molecule has 1 aliphatic rings. The first-order valence-electron chi connectivity index (χ1n) is 6.81. The van der Waals surface area contributed by atoms with Crippen LogP contribution in [0.3, 0.4) is 0 Å². The number of benzene rings is 1. The topological polar surface area (TPSA) is 58.6 Å². The fraction of sp³-hybridized carbons (Fsp3) is 0.467. The third-order valence-corrected chi connectivity index (χ3v) is 3.92. The normalized spacial score (nSPS) is 21.2. The van der Waals surface area contributed by atoms with Crippen LogP contribution in [-0.2, 0) is 9.59 Å². The van der Waals surface area contributed by atoms with Gasteiger partial charge < -0.3 is 10.1 Å². The molecule has 2 rings (SSSR count). The summed E-state index contributed by atoms with van der Waals surface area (Å²) >= 11 is 6.23. The van der Waals surface area contributed by atoms with Crippen LogP contribution < -0.4 is 15.0 Å². The van der Waals surface area contributed by atoms with Crippen molar-refractivity contribution in [1.82, 2.24) is 5.32 Å². The first-order valence-corrected chi connectivity index (χ1v) is 7.19. The lowest BCUT2D eigenvalue weighted by atomic mass is 9.95. The van der Waals surface area contributed by atoms with Crippen LogP contribution in [0.15, 0.2) is 18.2 Å². The monoisotopic (exact) mass is 310 g/mol. The number of nitrogens with zero attached hydrogens (tertiary/aromatic N) is 1. The molecule has 21 heavy (non-hydrogen) atoms. The molecule has 1 atom stereocenters. The first kappa shape index (κ1) is 15.6. The fourth-order valence-electron chi connectivity index (χ4n) is 2.45. The molecule has 1 saturated heterocycles. The minimum Gasteiger partial charge on any atom is -0.497 e. The van der Waals surface area contributed by atoms with Gasteiger partial charge in [-0.15, -0.1) is 0 Å². The van der Waals surface area contributed by atoms with Crippen LogP contribution >= 0.6 is 11.6 Å². The van der Waals surface area contributed by atoms with Crippen molar-refractivity contribution in [3.05, 3.63) is 23.2 Å². The van der Waals surface area contributed by atoms with Gasteiger partial charge in [0.15, 0.2) is 0 Å². The Morgan fingerprint density at radius 2 is 2.05 bits per heavy atom. The summed E-state index contributed by atoms with van der Waals surface area (Å²) in [6.07, 6.45) is 0.501. The largest absolute Gasteiger partial charge is 0.497 e. The van der Waals surface area contributed by atoms with E-state index in [0.29, 0.717) is 22.9 Å². The van der Waals surface area contributed by atoms with E-state index >= 15 is 0 Å². The average Bonchev–Trinajstić information content (AvgIpc) is 2.43. The van der Waals surface area contributed by atoms with Gasteiger partial charge in [0.1, 0.15) is 17.3 Å². The van der Waals surface area contributed by atoms with Gasteiger partial charge in [-0.25, -0.2) is 0 Å². The molecule has 1 unspecified atom stereocenters. The van der Waals surface area contributed by atoms with Crippen LogP contribution in [-0.4, -0.2) is 30.5 Å². The van der Waals surface area contributed by atoms with Crippen molar-refractivity contribution >= 4 is 29.1 Å². The highest BCUT2D eigenvalue weighted by atomic mass is 35.5. The maximum absolute atomic E-state index is 12.7. The Morgan fingerprint density at radius 1 is 1.38 bits per heavy atom. The first-order chi connectivity index (χ1) is 9.81. The fourth-order valence-corrected chi connectivity index (χ4v) is 2.66. The van der Waals surface area contributed by atoms with Crippen molar-refractivity contribution in [2.24, 2.45) is 0 Å². The molecule has 1 aromatic carbocycles. The van der Waals surface area contributed by atoms with Gasteiger partial charge in [0.2, 0.25) is 5.91 Å². The molecule has 0 aliphatic carbocycles. The second kappa shape index (κ2) is 5.56. The number of nitrogens with one attached hydrogen (secondary N) is 1. The van der Waals surface area contributed by atoms with Crippen LogP contribution in [0, 0.1) is 0 Å². The summed E-state index contributed by atoms with van der Waals surface area (Å²) in [7, 11) is 1.54. The number of hydrogen-bond acceptors (Lipinski definition) is 3. The predicted octanol–water partition coefficient (Wildman–Crippen LogP) is 2.37. The predicted molar refractivity (Wildman–Crippen MR) is 81.8 cm³/mol. The summed E-state index contributed by atoms with van der Waals surface area (Å²) < 4.78 is 5.19. The van der Waals surface area contributed by atoms with E-state index in [2.05, 4.69) is 5.32 Å². The number of halogens is 1. The third-order valence-electron chi connectivity index (χ3n) is 3.60. The molecule has 5 nitrogen and oxygen atoms in total. The molecule has 0 aromatic heterocycles. The average molecular weight is 311 g/mol. The standard InChI is InChI=1S/C15H19ClN2O3/c1-5-11-13(19)17-15(2,3)14(20)18(11)12-8-9(21-4)6-7-10(12)16/h6-8,11H,5H2,1-4H3,(H,17,19). The molecular weight excluding hydrogens is 292 g/mol. The summed E-state index contributed by atoms with van der Waals surface area (Å²) in [4.78, 5) is 26.5. The van der Waals surface area contributed by atoms with Gasteiger partial charge in [0.25, 0.3) is 5.91 Å². The molecule has 1 N–H and O–H groups in total. The Balaban J connectivity index is 2.56. The number of rotatable bonds is 3. The maximum atomic E-state index is 12.7. The molecule has 0 radical (unpaired) electrons. The van der Waals surface area contributed by atoms with E-state index in [9.17, 15) is 9.59 Å². The highest BCUT2D eigenvalue weighted by Gasteiger charge is 2.45. The summed E-state index contributed by atoms with van der Waals surface area (Å²) in [6.45, 7) is 5.22. The van der Waals surface area contributed by atoms with E-state index < -0.39 is 11.6 Å². The Labute approximate surface area is 129 Å². The molecule has 1 aromatic rings. The number of carbonyl (C=O) groups is 2. The number of anilines is 1. The van der Waals surface area contributed by atoms with Crippen molar-refractivity contribution in [2.45, 2.75) is 38.8 Å². The number of methoxy groups -OCH3 is 1. The SMILES string of the molecule is CCC1C(=O)NC(C)(C)C(=O)N1c1cc(OC)ccc1Cl. The second-order valence-corrected chi connectivity index (χ2v) is 5.94. The van der Waals surface area contributed by atoms with Gasteiger partial charge in [-0.3, -0.25) is 14.5 Å². The lowest BCUT2D eigenvalue weighted by Gasteiger charge is -2.42. The molecule has 6 heteroatoms. The molecule has 114 valence electrons. The van der Waals surface area contributed by atoms with E-state index in [1.165, 1.54) is 4.90 Å². The second-order valence-electron chi connectivity index (χ2n) is 5.53. The highest BCUT2D eigenvalue weighted by Crippen LogP contribution is 2.35. The summed E-state index contributed by atoms with van der Waals surface area (Å²) in [5.41, 5.74) is -0.467. The Kier molecular flexibility index (Phi) is 4.14. The molecule has 0 spiro atoms. The lowest BCUT2D eigenvalue weighted by molar-refractivity contribution is -0.137. The Bertz CT molecular complexity index is 586. The Hall–Kier alpha value is -1.75. The van der Waals surface area contributed by atoms with Gasteiger partial charge in [0, 0.05) is 6.07 Å². The smallest absolute Gasteiger partial charge is 0.252 e. The van der Waals surface area contributed by atoms with Gasteiger partial charge in [-0.05, 0) is 32.4 Å². The lowest BCUT2D eigenvalue weighted by Crippen LogP contribution is -2.68. The van der Waals surface area contributed by atoms with Gasteiger partial charge in [-0.2, -0.15) is 0 Å². The molecule has 1 fully saturated rings. The molecule has 2 amide bonds. The summed E-state index contributed by atoms with van der Waals surface area (Å²) in [6, 6.07) is 4.48. The van der Waals surface area contributed by atoms with Crippen molar-refractivity contribution in [3.8, 4) is 5.75 Å². The van der Waals surface area contributed by atoms with Crippen molar-refractivity contribution in [2.75, 3.05) is 12.0 Å². The highest BCUT2D eigenvalue weighted by molar-refractivity contribution is 6.34. The van der Waals surface area contributed by atoms with E-state index in [0.717, 1.165) is 0 Å². The number of amides is 2. The van der Waals surface area contributed by atoms with Gasteiger partial charge in [0.05, 0.1) is 17.8 Å². The minimum atomic E-state index is -0.963. The van der Waals surface area contributed by atoms with Crippen molar-refractivity contribution in [3.63, 3.8) is 0 Å². The van der Waals surface area contributed by atoms with E-state index in [1.54, 1.807) is 39.2 Å². The summed E-state index contributed by atoms with van der Waals surface area (Å²) in [5.74, 6) is 0.214. The molecule has 0 saturated carbocycles. The van der Waals surface area contributed by atoms with Crippen LogP contribution in [0.2, 0.25) is 5.02 Å². The van der Waals surface area contributed by atoms with Crippen LogP contribution in [0.4, 0.5) is 5.69 Å². The van der Waals surface area contributed by atoms with E-state index in [-0.39, 0.29) is 11.8 Å². The number of carbonyl (C=O) groups excluding carboxylic acids is 2. The van der Waals surface area contributed by atoms with Crippen molar-refractivity contribution < 1.29 is 14.3 Å². The maximum Gasteiger partial charge on any atom is 0.252 e. The number of ether oxygens (including phenoxy) is 1. The number of hydrogen-bond donors (Lipinski definition) is 1. The quantitative estimate of drug-likeness (QED) is 0.932. The van der Waals surface area contributed by atoms with Crippen LogP contribution in [0.5, 0.6) is 5.75 Å². The minimum absolute atomic E-state index is 0.180. The van der Waals surface area contributed by atoms with Crippen molar-refractivity contribution in [1.29, 1.82) is 0 Å². The van der Waals surface area contributed by atoms with E-state index in [1.807, 2.05) is 6.92 Å². The van der Waals surface area contributed by atoms with E-state index in [4.69, 9.17) is 16.3 Å². The molecule has 1 heterocycles. The van der Waals surface area contributed by atoms with Crippen LogP contribution in [0.25, 0.3) is 0 Å². The zero-order valence-corrected chi connectivity index (χ0v) is 13.3. The molecule has 0 bridgehead atoms. The van der Waals surface area contributed by atoms with Gasteiger partial charge in [-0.1, -0.05) is 18.5 Å². The van der Waals surface area contributed by atoms with Gasteiger partial charge >= 0.3 is 0 Å². The molecule has 1 aliphatic heterocycles. The molecular formula is C15H19ClN2O3. The zero-order chi connectivity index (χ0) is 15.8.